The normalized spacial score (nSPS) is 17.0. The van der Waals surface area contributed by atoms with Gasteiger partial charge in [-0.3, -0.25) is 4.90 Å². The molecule has 1 aliphatic rings. The van der Waals surface area contributed by atoms with Crippen LogP contribution in [-0.2, 0) is 10.2 Å². The molecule has 0 aromatic heterocycles. The number of ether oxygens (including phenoxy) is 1. The molecule has 1 aliphatic heterocycles. The summed E-state index contributed by atoms with van der Waals surface area (Å²) >= 11 is 0. The zero-order valence-electron chi connectivity index (χ0n) is 17.9. The molecular formula is C24H35NO2. The lowest BCUT2D eigenvalue weighted by Crippen LogP contribution is -2.43. The standard InChI is InChI=1S/C24H35NO2/c1-8-10-11-12-18(9-2)19-13-14-20-21(17-19)25(16-15-24(20,6)7)22(26)27-23(3,4)5/h2,13-14,17-18H,8,10-12,15-16H2,1,3-7H3. The predicted octanol–water partition coefficient (Wildman–Crippen LogP) is 6.41. The molecule has 3 nitrogen and oxygen atoms in total. The molecule has 0 bridgehead atoms. The maximum absolute atomic E-state index is 12.8. The van der Waals surface area contributed by atoms with E-state index in [0.29, 0.717) is 6.54 Å². The van der Waals surface area contributed by atoms with E-state index < -0.39 is 5.60 Å². The van der Waals surface area contributed by atoms with Crippen LogP contribution in [0.25, 0.3) is 0 Å². The van der Waals surface area contributed by atoms with E-state index in [1.807, 2.05) is 20.8 Å². The van der Waals surface area contributed by atoms with Crippen molar-refractivity contribution in [3.8, 4) is 12.3 Å². The Morgan fingerprint density at radius 1 is 1.33 bits per heavy atom. The lowest BCUT2D eigenvalue weighted by Gasteiger charge is -2.40. The lowest BCUT2D eigenvalue weighted by atomic mass is 9.76. The van der Waals surface area contributed by atoms with Gasteiger partial charge in [0.15, 0.2) is 0 Å². The minimum atomic E-state index is -0.511. The molecule has 1 aromatic carbocycles. The van der Waals surface area contributed by atoms with E-state index >= 15 is 0 Å². The topological polar surface area (TPSA) is 29.5 Å². The summed E-state index contributed by atoms with van der Waals surface area (Å²) in [5, 5.41) is 0. The van der Waals surface area contributed by atoms with Crippen LogP contribution in [0.3, 0.4) is 0 Å². The molecule has 0 saturated carbocycles. The number of fused-ring (bicyclic) bond motifs is 1. The number of benzene rings is 1. The molecule has 0 radical (unpaired) electrons. The van der Waals surface area contributed by atoms with Crippen molar-refractivity contribution in [2.75, 3.05) is 11.4 Å². The van der Waals surface area contributed by atoms with E-state index in [1.165, 1.54) is 18.4 Å². The van der Waals surface area contributed by atoms with Crippen molar-refractivity contribution in [3.63, 3.8) is 0 Å². The third kappa shape index (κ3) is 5.28. The van der Waals surface area contributed by atoms with Gasteiger partial charge >= 0.3 is 6.09 Å². The summed E-state index contributed by atoms with van der Waals surface area (Å²) in [6.45, 7) is 13.0. The number of carbonyl (C=O) groups excluding carboxylic acids is 1. The van der Waals surface area contributed by atoms with Gasteiger partial charge in [-0.1, -0.05) is 58.1 Å². The second-order valence-electron chi connectivity index (χ2n) is 9.26. The fraction of sp³-hybridized carbons (Fsp3) is 0.625. The van der Waals surface area contributed by atoms with E-state index in [1.54, 1.807) is 4.90 Å². The Labute approximate surface area is 165 Å². The molecule has 148 valence electrons. The van der Waals surface area contributed by atoms with E-state index in [2.05, 4.69) is 44.9 Å². The van der Waals surface area contributed by atoms with Crippen LogP contribution in [0.5, 0.6) is 0 Å². The summed E-state index contributed by atoms with van der Waals surface area (Å²) in [6, 6.07) is 6.43. The Balaban J connectivity index is 2.38. The highest BCUT2D eigenvalue weighted by Crippen LogP contribution is 2.41. The molecule has 0 saturated heterocycles. The molecule has 1 amide bonds. The minimum Gasteiger partial charge on any atom is -0.443 e. The van der Waals surface area contributed by atoms with Crippen LogP contribution < -0.4 is 4.90 Å². The third-order valence-corrected chi connectivity index (χ3v) is 5.32. The van der Waals surface area contributed by atoms with E-state index in [0.717, 1.165) is 30.5 Å². The molecule has 1 aromatic rings. The van der Waals surface area contributed by atoms with Gasteiger partial charge in [0.25, 0.3) is 0 Å². The first-order valence-electron chi connectivity index (χ1n) is 10.2. The highest BCUT2D eigenvalue weighted by Gasteiger charge is 2.36. The van der Waals surface area contributed by atoms with E-state index in [9.17, 15) is 4.79 Å². The van der Waals surface area contributed by atoms with Crippen molar-refractivity contribution in [3.05, 3.63) is 29.3 Å². The van der Waals surface area contributed by atoms with Crippen LogP contribution in [0.4, 0.5) is 10.5 Å². The van der Waals surface area contributed by atoms with Gasteiger partial charge in [0.05, 0.1) is 5.69 Å². The van der Waals surface area contributed by atoms with Crippen LogP contribution in [-0.4, -0.2) is 18.2 Å². The molecule has 0 aliphatic carbocycles. The van der Waals surface area contributed by atoms with Gasteiger partial charge in [-0.05, 0) is 56.2 Å². The number of hydrogen-bond donors (Lipinski definition) is 0. The lowest BCUT2D eigenvalue weighted by molar-refractivity contribution is 0.0574. The summed E-state index contributed by atoms with van der Waals surface area (Å²) in [5.41, 5.74) is 2.78. The number of carbonyl (C=O) groups is 1. The maximum atomic E-state index is 12.8. The molecule has 0 spiro atoms. The number of rotatable bonds is 5. The van der Waals surface area contributed by atoms with Gasteiger partial charge in [-0.15, -0.1) is 6.42 Å². The van der Waals surface area contributed by atoms with Crippen LogP contribution in [0.2, 0.25) is 0 Å². The predicted molar refractivity (Wildman–Crippen MR) is 113 cm³/mol. The smallest absolute Gasteiger partial charge is 0.414 e. The minimum absolute atomic E-state index is 0.0280. The number of hydrogen-bond acceptors (Lipinski definition) is 2. The fourth-order valence-electron chi connectivity index (χ4n) is 3.66. The summed E-state index contributed by atoms with van der Waals surface area (Å²) in [7, 11) is 0. The number of anilines is 1. The average molecular weight is 370 g/mol. The largest absolute Gasteiger partial charge is 0.443 e. The quantitative estimate of drug-likeness (QED) is 0.443. The van der Waals surface area contributed by atoms with E-state index in [-0.39, 0.29) is 17.4 Å². The van der Waals surface area contributed by atoms with Crippen molar-refractivity contribution in [1.82, 2.24) is 0 Å². The zero-order valence-corrected chi connectivity index (χ0v) is 17.9. The number of terminal acetylenes is 1. The average Bonchev–Trinajstić information content (AvgIpc) is 2.57. The SMILES string of the molecule is C#CC(CCCCC)c1ccc2c(c1)N(C(=O)OC(C)(C)C)CCC2(C)C. The van der Waals surface area contributed by atoms with Gasteiger partial charge < -0.3 is 4.74 Å². The summed E-state index contributed by atoms with van der Waals surface area (Å²) in [5.74, 6) is 3.04. The molecule has 27 heavy (non-hydrogen) atoms. The Hall–Kier alpha value is -1.95. The molecule has 1 heterocycles. The second kappa shape index (κ2) is 8.38. The maximum Gasteiger partial charge on any atom is 0.414 e. The molecule has 0 N–H and O–H groups in total. The zero-order chi connectivity index (χ0) is 20.2. The van der Waals surface area contributed by atoms with Gasteiger partial charge in [0, 0.05) is 12.5 Å². The van der Waals surface area contributed by atoms with Crippen LogP contribution >= 0.6 is 0 Å². The fourth-order valence-corrected chi connectivity index (χ4v) is 3.66. The molecule has 2 rings (SSSR count). The third-order valence-electron chi connectivity index (χ3n) is 5.32. The highest BCUT2D eigenvalue weighted by molar-refractivity contribution is 5.90. The Kier molecular flexibility index (Phi) is 6.63. The molecule has 3 heteroatoms. The van der Waals surface area contributed by atoms with E-state index in [4.69, 9.17) is 11.2 Å². The van der Waals surface area contributed by atoms with Crippen molar-refractivity contribution in [2.45, 2.75) is 90.6 Å². The monoisotopic (exact) mass is 369 g/mol. The van der Waals surface area contributed by atoms with Gasteiger partial charge in [0.1, 0.15) is 5.60 Å². The van der Waals surface area contributed by atoms with Crippen molar-refractivity contribution in [2.24, 2.45) is 0 Å². The number of nitrogens with zero attached hydrogens (tertiary/aromatic N) is 1. The van der Waals surface area contributed by atoms with Crippen LogP contribution in [0.1, 0.15) is 90.7 Å². The second-order valence-corrected chi connectivity index (χ2v) is 9.26. The summed E-state index contributed by atoms with van der Waals surface area (Å²) < 4.78 is 5.66. The number of unbranched alkanes of at least 4 members (excludes halogenated alkanes) is 2. The molecular weight excluding hydrogens is 334 g/mol. The first-order chi connectivity index (χ1) is 12.6. The Bertz CT molecular complexity index is 706. The van der Waals surface area contributed by atoms with Gasteiger partial charge in [0.2, 0.25) is 0 Å². The van der Waals surface area contributed by atoms with Crippen molar-refractivity contribution >= 4 is 11.8 Å². The first-order valence-corrected chi connectivity index (χ1v) is 10.2. The van der Waals surface area contributed by atoms with Crippen LogP contribution in [0.15, 0.2) is 18.2 Å². The summed E-state index contributed by atoms with van der Waals surface area (Å²) in [4.78, 5) is 14.6. The Morgan fingerprint density at radius 2 is 2.04 bits per heavy atom. The van der Waals surface area contributed by atoms with Crippen molar-refractivity contribution < 1.29 is 9.53 Å². The highest BCUT2D eigenvalue weighted by atomic mass is 16.6. The van der Waals surface area contributed by atoms with Crippen molar-refractivity contribution in [1.29, 1.82) is 0 Å². The molecule has 1 unspecified atom stereocenters. The molecule has 1 atom stereocenters. The number of amides is 1. The summed E-state index contributed by atoms with van der Waals surface area (Å²) in [6.07, 6.45) is 11.0. The van der Waals surface area contributed by atoms with Crippen LogP contribution in [0, 0.1) is 12.3 Å². The first kappa shape index (κ1) is 21.4. The molecule has 0 fully saturated rings. The Morgan fingerprint density at radius 3 is 2.63 bits per heavy atom. The van der Waals surface area contributed by atoms with Gasteiger partial charge in [-0.25, -0.2) is 4.79 Å². The van der Waals surface area contributed by atoms with Gasteiger partial charge in [-0.2, -0.15) is 0 Å².